The minimum atomic E-state index is -4.30. The summed E-state index contributed by atoms with van der Waals surface area (Å²) in [6.45, 7) is -0.716. The molecule has 1 atom stereocenters. The molecule has 9 nitrogen and oxygen atoms in total. The van der Waals surface area contributed by atoms with Gasteiger partial charge in [0.2, 0.25) is 11.8 Å². The molecule has 0 spiro atoms. The monoisotopic (exact) mass is 624 g/mol. The largest absolute Gasteiger partial charge is 0.497 e. The van der Waals surface area contributed by atoms with Crippen molar-refractivity contribution >= 4 is 27.7 Å². The number of nitrogens with zero attached hydrogens (tertiary/aromatic N) is 3. The fraction of sp³-hybridized carbons (Fsp3) is 0.394. The van der Waals surface area contributed by atoms with E-state index in [1.54, 1.807) is 18.2 Å². The van der Waals surface area contributed by atoms with Crippen LogP contribution < -0.4 is 14.4 Å². The van der Waals surface area contributed by atoms with Crippen molar-refractivity contribution in [2.45, 2.75) is 57.2 Å². The molecule has 1 aliphatic carbocycles. The molecule has 3 aromatic carbocycles. The van der Waals surface area contributed by atoms with Gasteiger partial charge in [-0.15, -0.1) is 0 Å². The Hall–Kier alpha value is -3.96. The third-order valence-corrected chi connectivity index (χ3v) is 9.66. The van der Waals surface area contributed by atoms with Gasteiger partial charge < -0.3 is 15.0 Å². The molecule has 236 valence electrons. The predicted octanol–water partition coefficient (Wildman–Crippen LogP) is 4.54. The van der Waals surface area contributed by atoms with E-state index in [4.69, 9.17) is 4.74 Å². The van der Waals surface area contributed by atoms with E-state index in [1.807, 2.05) is 36.4 Å². The lowest BCUT2D eigenvalue weighted by Crippen LogP contribution is -2.55. The average molecular weight is 625 g/mol. The van der Waals surface area contributed by atoms with Crippen LogP contribution in [0.3, 0.4) is 0 Å². The van der Waals surface area contributed by atoms with Crippen LogP contribution in [0.1, 0.15) is 43.2 Å². The molecule has 4 rings (SSSR count). The molecule has 0 unspecified atom stereocenters. The van der Waals surface area contributed by atoms with Gasteiger partial charge in [0.1, 0.15) is 24.2 Å². The maximum absolute atomic E-state index is 15.0. The second-order valence-electron chi connectivity index (χ2n) is 11.2. The molecule has 2 amide bonds. The summed E-state index contributed by atoms with van der Waals surface area (Å²) < 4.78 is 49.0. The Morgan fingerprint density at radius 1 is 0.932 bits per heavy atom. The molecule has 1 fully saturated rings. The number of methoxy groups -OCH3 is 1. The molecule has 3 aromatic rings. The maximum Gasteiger partial charge on any atom is 0.304 e. The molecule has 1 N–H and O–H groups in total. The van der Waals surface area contributed by atoms with E-state index in [1.165, 1.54) is 44.3 Å². The van der Waals surface area contributed by atoms with Gasteiger partial charge in [-0.2, -0.15) is 12.7 Å². The molecule has 44 heavy (non-hydrogen) atoms. The Morgan fingerprint density at radius 3 is 2.25 bits per heavy atom. The van der Waals surface area contributed by atoms with Gasteiger partial charge in [-0.05, 0) is 48.2 Å². The number of carbonyl (C=O) groups is 2. The van der Waals surface area contributed by atoms with Crippen LogP contribution in [0.4, 0.5) is 10.1 Å². The van der Waals surface area contributed by atoms with E-state index >= 15 is 4.39 Å². The third-order valence-electron chi connectivity index (χ3n) is 7.85. The van der Waals surface area contributed by atoms with Crippen LogP contribution in [-0.4, -0.2) is 69.3 Å². The highest BCUT2D eigenvalue weighted by atomic mass is 32.2. The Kier molecular flexibility index (Phi) is 11.4. The number of hydrogen-bond donors (Lipinski definition) is 1. The molecule has 0 heterocycles. The summed E-state index contributed by atoms with van der Waals surface area (Å²) in [5.74, 6) is -1.18. The number of halogens is 1. The summed E-state index contributed by atoms with van der Waals surface area (Å²) in [5, 5.41) is 3.17. The molecule has 0 saturated heterocycles. The SMILES string of the molecule is COc1cccc(CN(C(=O)CN(c2ccccc2F)S(=O)(=O)N(C)C)[C@@H](Cc2ccccc2)C(=O)NC2CCCCC2)c1. The lowest BCUT2D eigenvalue weighted by atomic mass is 9.94. The fourth-order valence-electron chi connectivity index (χ4n) is 5.42. The standard InChI is InChI=1S/C33H41FN4O5S/c1-36(2)44(41,42)38(30-20-11-10-19-29(30)34)24-32(39)37(23-26-15-12-18-28(21-26)43-3)31(22-25-13-6-4-7-14-25)33(40)35-27-16-8-5-9-17-27/h4,6-7,10-15,18-21,27,31H,5,8-9,16-17,22-24H2,1-3H3,(H,35,40)/t31-/m0/s1. The average Bonchev–Trinajstić information content (AvgIpc) is 3.02. The number of nitrogens with one attached hydrogen (secondary N) is 1. The number of amides is 2. The number of anilines is 1. The topological polar surface area (TPSA) is 99.3 Å². The van der Waals surface area contributed by atoms with Gasteiger partial charge in [-0.25, -0.2) is 8.70 Å². The lowest BCUT2D eigenvalue weighted by Gasteiger charge is -2.35. The second-order valence-corrected chi connectivity index (χ2v) is 13.2. The zero-order valence-electron chi connectivity index (χ0n) is 25.5. The van der Waals surface area contributed by atoms with E-state index in [0.717, 1.165) is 52.3 Å². The zero-order valence-corrected chi connectivity index (χ0v) is 26.3. The first-order valence-electron chi connectivity index (χ1n) is 14.8. The van der Waals surface area contributed by atoms with E-state index in [0.29, 0.717) is 11.3 Å². The first-order chi connectivity index (χ1) is 21.1. The summed E-state index contributed by atoms with van der Waals surface area (Å²) in [4.78, 5) is 29.8. The summed E-state index contributed by atoms with van der Waals surface area (Å²) in [7, 11) is -0.124. The van der Waals surface area contributed by atoms with E-state index in [-0.39, 0.29) is 30.6 Å². The fourth-order valence-corrected chi connectivity index (χ4v) is 6.49. The Morgan fingerprint density at radius 2 is 1.59 bits per heavy atom. The van der Waals surface area contributed by atoms with Crippen LogP contribution in [0.2, 0.25) is 0 Å². The number of para-hydroxylation sites is 1. The Balaban J connectivity index is 1.77. The van der Waals surface area contributed by atoms with Crippen LogP contribution in [0.25, 0.3) is 0 Å². The smallest absolute Gasteiger partial charge is 0.304 e. The number of benzene rings is 3. The molecule has 0 bridgehead atoms. The summed E-state index contributed by atoms with van der Waals surface area (Å²) in [6, 6.07) is 20.9. The van der Waals surface area contributed by atoms with Gasteiger partial charge in [0, 0.05) is 33.1 Å². The van der Waals surface area contributed by atoms with Gasteiger partial charge >= 0.3 is 10.2 Å². The molecule has 0 radical (unpaired) electrons. The van der Waals surface area contributed by atoms with E-state index < -0.39 is 34.5 Å². The predicted molar refractivity (Wildman–Crippen MR) is 169 cm³/mol. The van der Waals surface area contributed by atoms with Crippen molar-refractivity contribution in [3.8, 4) is 5.75 Å². The van der Waals surface area contributed by atoms with Crippen molar-refractivity contribution in [1.29, 1.82) is 0 Å². The molecule has 11 heteroatoms. The van der Waals surface area contributed by atoms with Crippen molar-refractivity contribution in [3.63, 3.8) is 0 Å². The van der Waals surface area contributed by atoms with Crippen molar-refractivity contribution in [3.05, 3.63) is 95.8 Å². The van der Waals surface area contributed by atoms with Gasteiger partial charge in [0.25, 0.3) is 0 Å². The summed E-state index contributed by atoms with van der Waals surface area (Å²) >= 11 is 0. The molecule has 1 saturated carbocycles. The van der Waals surface area contributed by atoms with Gasteiger partial charge in [0.15, 0.2) is 0 Å². The van der Waals surface area contributed by atoms with Crippen LogP contribution in [-0.2, 0) is 32.8 Å². The maximum atomic E-state index is 15.0. The summed E-state index contributed by atoms with van der Waals surface area (Å²) in [6.07, 6.45) is 5.06. The number of hydrogen-bond acceptors (Lipinski definition) is 5. The highest BCUT2D eigenvalue weighted by Crippen LogP contribution is 2.25. The van der Waals surface area contributed by atoms with Crippen molar-refractivity contribution in [1.82, 2.24) is 14.5 Å². The van der Waals surface area contributed by atoms with Crippen molar-refractivity contribution in [2.75, 3.05) is 32.1 Å². The van der Waals surface area contributed by atoms with Gasteiger partial charge in [-0.1, -0.05) is 73.9 Å². The number of ether oxygens (including phenoxy) is 1. The zero-order chi connectivity index (χ0) is 31.7. The molecule has 0 aliphatic heterocycles. The van der Waals surface area contributed by atoms with Gasteiger partial charge in [0.05, 0.1) is 12.8 Å². The molecule has 0 aromatic heterocycles. The van der Waals surface area contributed by atoms with E-state index in [9.17, 15) is 18.0 Å². The Bertz CT molecular complexity index is 1510. The second kappa shape index (κ2) is 15.2. The third kappa shape index (κ3) is 8.35. The van der Waals surface area contributed by atoms with Crippen LogP contribution >= 0.6 is 0 Å². The van der Waals surface area contributed by atoms with Crippen molar-refractivity contribution in [2.24, 2.45) is 0 Å². The van der Waals surface area contributed by atoms with Crippen LogP contribution in [0.5, 0.6) is 5.75 Å². The minimum Gasteiger partial charge on any atom is -0.497 e. The first kappa shape index (κ1) is 32.9. The van der Waals surface area contributed by atoms with Gasteiger partial charge in [-0.3, -0.25) is 9.59 Å². The molecule has 1 aliphatic rings. The lowest BCUT2D eigenvalue weighted by molar-refractivity contribution is -0.140. The molecular weight excluding hydrogens is 583 g/mol. The Labute approximate surface area is 259 Å². The summed E-state index contributed by atoms with van der Waals surface area (Å²) in [5.41, 5.74) is 1.27. The number of carbonyl (C=O) groups excluding carboxylic acids is 2. The normalized spacial score (nSPS) is 14.6. The molecular formula is C33H41FN4O5S. The highest BCUT2D eigenvalue weighted by molar-refractivity contribution is 7.90. The number of rotatable bonds is 13. The first-order valence-corrected chi connectivity index (χ1v) is 16.2. The van der Waals surface area contributed by atoms with Crippen LogP contribution in [0, 0.1) is 5.82 Å². The van der Waals surface area contributed by atoms with E-state index in [2.05, 4.69) is 5.32 Å². The quantitative estimate of drug-likeness (QED) is 0.301. The minimum absolute atomic E-state index is 0.00125. The van der Waals surface area contributed by atoms with Crippen molar-refractivity contribution < 1.29 is 27.1 Å². The van der Waals surface area contributed by atoms with Crippen LogP contribution in [0.15, 0.2) is 78.9 Å². The highest BCUT2D eigenvalue weighted by Gasteiger charge is 2.36.